The summed E-state index contributed by atoms with van der Waals surface area (Å²) in [6, 6.07) is 0. The second-order valence-electron chi connectivity index (χ2n) is 3.28. The largest absolute Gasteiger partial charge is 0.266 e. The molecule has 4 N–H and O–H groups in total. The van der Waals surface area contributed by atoms with Gasteiger partial charge in [0.05, 0.1) is 24.0 Å². The van der Waals surface area contributed by atoms with E-state index in [0.717, 1.165) is 0 Å². The summed E-state index contributed by atoms with van der Waals surface area (Å²) in [4.78, 5) is 8.85. The van der Waals surface area contributed by atoms with Crippen molar-refractivity contribution in [3.05, 3.63) is 0 Å². The van der Waals surface area contributed by atoms with Gasteiger partial charge < -0.3 is 0 Å². The van der Waals surface area contributed by atoms with Crippen LogP contribution in [0.4, 0.5) is 0 Å². The maximum Gasteiger partial charge on any atom is 0.0770 e. The van der Waals surface area contributed by atoms with Crippen molar-refractivity contribution in [2.24, 2.45) is 17.8 Å². The molecule has 0 aromatic heterocycles. The molecule has 0 aromatic rings. The first-order valence-electron chi connectivity index (χ1n) is 4.14. The molecule has 84 valence electrons. The second-order valence-corrected chi connectivity index (χ2v) is 3.28. The zero-order valence-corrected chi connectivity index (χ0v) is 7.65. The summed E-state index contributed by atoms with van der Waals surface area (Å²) < 4.78 is 0. The van der Waals surface area contributed by atoms with Crippen LogP contribution in [0.5, 0.6) is 0 Å². The van der Waals surface area contributed by atoms with E-state index in [4.69, 9.17) is 20.8 Å². The summed E-state index contributed by atoms with van der Waals surface area (Å²) in [6.45, 7) is 2.23. The van der Waals surface area contributed by atoms with Gasteiger partial charge in [0.15, 0.2) is 0 Å². The van der Waals surface area contributed by atoms with E-state index in [1.165, 1.54) is 0 Å². The second kappa shape index (κ2) is 4.96. The van der Waals surface area contributed by atoms with Gasteiger partial charge in [0, 0.05) is 0 Å². The number of hydrogen-bond acceptors (Lipinski definition) is 8. The molecular weight excluding hydrogens is 196 g/mol. The van der Waals surface area contributed by atoms with E-state index in [1.807, 2.05) is 6.92 Å². The van der Waals surface area contributed by atoms with Gasteiger partial charge in [-0.05, 0) is 17.8 Å². The van der Waals surface area contributed by atoms with Crippen LogP contribution in [0.25, 0.3) is 0 Å². The van der Waals surface area contributed by atoms with Gasteiger partial charge in [-0.3, -0.25) is 30.5 Å². The van der Waals surface area contributed by atoms with Gasteiger partial charge >= 0.3 is 0 Å². The predicted molar refractivity (Wildman–Crippen MR) is 38.9 cm³/mol. The molecule has 1 rings (SSSR count). The average molecular weight is 210 g/mol. The average Bonchev–Trinajstić information content (AvgIpc) is 2.69. The molecule has 0 spiro atoms. The Morgan fingerprint density at radius 1 is 0.929 bits per heavy atom. The Labute approximate surface area is 80.2 Å². The van der Waals surface area contributed by atoms with Crippen molar-refractivity contribution in [3.63, 3.8) is 0 Å². The number of nitrogens with zero attached hydrogens (tertiary/aromatic N) is 2. The molecule has 1 saturated carbocycles. The van der Waals surface area contributed by atoms with Crippen molar-refractivity contribution >= 4 is 0 Å². The smallest absolute Gasteiger partial charge is 0.0770 e. The fourth-order valence-corrected chi connectivity index (χ4v) is 1.49. The van der Waals surface area contributed by atoms with Crippen LogP contribution in [0.15, 0.2) is 0 Å². The lowest BCUT2D eigenvalue weighted by atomic mass is 10.3. The maximum atomic E-state index is 8.27. The van der Waals surface area contributed by atoms with E-state index in [1.54, 1.807) is 0 Å². The minimum absolute atomic E-state index is 0.122. The third-order valence-electron chi connectivity index (χ3n) is 2.52. The molecule has 14 heavy (non-hydrogen) atoms. The van der Waals surface area contributed by atoms with Crippen molar-refractivity contribution in [2.75, 3.05) is 13.2 Å². The summed E-state index contributed by atoms with van der Waals surface area (Å²) >= 11 is 0. The van der Waals surface area contributed by atoms with E-state index in [9.17, 15) is 0 Å². The van der Waals surface area contributed by atoms with E-state index < -0.39 is 0 Å². The zero-order valence-electron chi connectivity index (χ0n) is 7.65. The minimum atomic E-state index is -0.340. The molecule has 1 unspecified atom stereocenters. The van der Waals surface area contributed by atoms with Gasteiger partial charge in [0.1, 0.15) is 0 Å². The van der Waals surface area contributed by atoms with E-state index in [2.05, 4.69) is 9.68 Å². The Morgan fingerprint density at radius 3 is 1.57 bits per heavy atom. The topological polar surface area (TPSA) is 106 Å². The van der Waals surface area contributed by atoms with Gasteiger partial charge in [0.2, 0.25) is 0 Å². The molecule has 1 aliphatic carbocycles. The third-order valence-corrected chi connectivity index (χ3v) is 2.52. The van der Waals surface area contributed by atoms with Crippen LogP contribution in [0, 0.1) is 17.8 Å². The fraction of sp³-hybridized carbons (Fsp3) is 1.00. The SMILES string of the molecule is CC1[C@@H](CON(O)O)[C@H]1CON(O)O. The standard InChI is InChI=1S/C6H14N2O6/c1-4-5(2-13-7(9)10)6(4)3-14-8(11)12/h4-6,9-12H,2-3H2,1H3/t4?,5-,6+. The summed E-state index contributed by atoms with van der Waals surface area (Å²) in [6.07, 6.45) is 0. The third kappa shape index (κ3) is 3.44. The monoisotopic (exact) mass is 210 g/mol. The lowest BCUT2D eigenvalue weighted by Crippen LogP contribution is -2.18. The summed E-state index contributed by atoms with van der Waals surface area (Å²) in [5.74, 6) is 0.531. The van der Waals surface area contributed by atoms with Crippen LogP contribution in [0.1, 0.15) is 6.92 Å². The van der Waals surface area contributed by atoms with Crippen molar-refractivity contribution < 1.29 is 30.5 Å². The fourth-order valence-electron chi connectivity index (χ4n) is 1.49. The highest BCUT2D eigenvalue weighted by Gasteiger charge is 2.47. The van der Waals surface area contributed by atoms with E-state index in [-0.39, 0.29) is 41.7 Å². The minimum Gasteiger partial charge on any atom is -0.266 e. The van der Waals surface area contributed by atoms with Crippen molar-refractivity contribution in [2.45, 2.75) is 6.92 Å². The molecule has 0 amide bonds. The Morgan fingerprint density at radius 2 is 1.29 bits per heavy atom. The van der Waals surface area contributed by atoms with Gasteiger partial charge in [-0.2, -0.15) is 0 Å². The predicted octanol–water partition coefficient (Wildman–Crippen LogP) is -0.108. The first kappa shape index (κ1) is 11.8. The molecule has 1 fully saturated rings. The molecule has 8 nitrogen and oxygen atoms in total. The van der Waals surface area contributed by atoms with E-state index >= 15 is 0 Å². The van der Waals surface area contributed by atoms with Crippen LogP contribution in [-0.4, -0.2) is 44.8 Å². The number of hydrogen-bond donors (Lipinski definition) is 4. The van der Waals surface area contributed by atoms with Gasteiger partial charge in [-0.25, -0.2) is 0 Å². The molecule has 0 heterocycles. The molecule has 1 aliphatic rings. The highest BCUT2D eigenvalue weighted by Crippen LogP contribution is 2.46. The van der Waals surface area contributed by atoms with Crippen LogP contribution in [0.3, 0.4) is 0 Å². The zero-order chi connectivity index (χ0) is 10.7. The molecular formula is C6H14N2O6. The molecule has 0 aliphatic heterocycles. The molecule has 0 saturated heterocycles. The van der Waals surface area contributed by atoms with Gasteiger partial charge in [0.25, 0.3) is 0 Å². The quantitative estimate of drug-likeness (QED) is 0.450. The first-order chi connectivity index (χ1) is 6.52. The van der Waals surface area contributed by atoms with Gasteiger partial charge in [-0.15, -0.1) is 0 Å². The molecule has 3 atom stereocenters. The molecule has 0 aromatic carbocycles. The summed E-state index contributed by atoms with van der Waals surface area (Å²) in [5.41, 5.74) is 0. The van der Waals surface area contributed by atoms with Crippen LogP contribution < -0.4 is 0 Å². The summed E-state index contributed by atoms with van der Waals surface area (Å²) in [5, 5.41) is 32.4. The Kier molecular flexibility index (Phi) is 4.16. The van der Waals surface area contributed by atoms with E-state index in [0.29, 0.717) is 0 Å². The Bertz CT molecular complexity index is 160. The van der Waals surface area contributed by atoms with Crippen molar-refractivity contribution in [3.8, 4) is 0 Å². The Balaban J connectivity index is 2.11. The van der Waals surface area contributed by atoms with Crippen molar-refractivity contribution in [1.29, 1.82) is 0 Å². The maximum absolute atomic E-state index is 8.27. The number of rotatable bonds is 6. The highest BCUT2D eigenvalue weighted by atomic mass is 17.1. The van der Waals surface area contributed by atoms with Crippen LogP contribution in [-0.2, 0) is 9.68 Å². The lowest BCUT2D eigenvalue weighted by Gasteiger charge is -2.06. The Hall–Kier alpha value is -0.320. The highest BCUT2D eigenvalue weighted by molar-refractivity contribution is 4.93. The van der Waals surface area contributed by atoms with Gasteiger partial charge in [-0.1, -0.05) is 6.92 Å². The molecule has 0 bridgehead atoms. The summed E-state index contributed by atoms with van der Waals surface area (Å²) in [7, 11) is 0. The van der Waals surface area contributed by atoms with Crippen LogP contribution in [0.2, 0.25) is 0 Å². The normalized spacial score (nSPS) is 31.5. The molecule has 8 heteroatoms. The first-order valence-corrected chi connectivity index (χ1v) is 4.14. The lowest BCUT2D eigenvalue weighted by molar-refractivity contribution is -0.496. The van der Waals surface area contributed by atoms with Crippen LogP contribution >= 0.6 is 0 Å². The van der Waals surface area contributed by atoms with Crippen molar-refractivity contribution in [1.82, 2.24) is 10.8 Å². The molecule has 0 radical (unpaired) electrons.